The molecule has 0 radical (unpaired) electrons. The number of ether oxygens (including phenoxy) is 2. The second kappa shape index (κ2) is 9.23. The van der Waals surface area contributed by atoms with E-state index in [0.717, 1.165) is 0 Å². The quantitative estimate of drug-likeness (QED) is 0.687. The van der Waals surface area contributed by atoms with E-state index in [1.54, 1.807) is 16.7 Å². The second-order valence-corrected chi connectivity index (χ2v) is 9.21. The summed E-state index contributed by atoms with van der Waals surface area (Å²) in [5.41, 5.74) is 0.398. The number of piperidine rings is 1. The van der Waals surface area contributed by atoms with Gasteiger partial charge in [0.2, 0.25) is 5.91 Å². The lowest BCUT2D eigenvalue weighted by Gasteiger charge is -2.30. The number of nitrogens with zero attached hydrogens (tertiary/aromatic N) is 3. The highest BCUT2D eigenvalue weighted by atomic mass is 35.5. The van der Waals surface area contributed by atoms with E-state index < -0.39 is 15.9 Å². The molecular formula is C19H25ClN4O5S. The van der Waals surface area contributed by atoms with Gasteiger partial charge in [0.05, 0.1) is 37.2 Å². The van der Waals surface area contributed by atoms with Gasteiger partial charge in [-0.25, -0.2) is 13.4 Å². The SMILES string of the molecule is CCn1cnc(S(=O)(=O)N2CCC[C@H](C(=O)Nc3cc(Cl)c(OC)cc3OC)C2)c1. The van der Waals surface area contributed by atoms with Crippen LogP contribution in [0.1, 0.15) is 19.8 Å². The lowest BCUT2D eigenvalue weighted by atomic mass is 9.98. The first-order chi connectivity index (χ1) is 14.3. The van der Waals surface area contributed by atoms with Gasteiger partial charge in [0.1, 0.15) is 11.5 Å². The third-order valence-corrected chi connectivity index (χ3v) is 7.11. The van der Waals surface area contributed by atoms with Crippen molar-refractivity contribution in [1.82, 2.24) is 13.9 Å². The van der Waals surface area contributed by atoms with Crippen molar-refractivity contribution in [2.45, 2.75) is 31.3 Å². The summed E-state index contributed by atoms with van der Waals surface area (Å²) in [5.74, 6) is 0.0175. The van der Waals surface area contributed by atoms with Crippen LogP contribution in [0.2, 0.25) is 5.02 Å². The Morgan fingerprint density at radius 1 is 1.30 bits per heavy atom. The Labute approximate surface area is 181 Å². The predicted octanol–water partition coefficient (Wildman–Crippen LogP) is 2.61. The number of aryl methyl sites for hydroxylation is 1. The van der Waals surface area contributed by atoms with E-state index in [1.807, 2.05) is 6.92 Å². The smallest absolute Gasteiger partial charge is 0.262 e. The first kappa shape index (κ1) is 22.4. The number of rotatable bonds is 7. The number of amides is 1. The molecule has 1 aromatic carbocycles. The number of methoxy groups -OCH3 is 2. The fraction of sp³-hybridized carbons (Fsp3) is 0.474. The van der Waals surface area contributed by atoms with Gasteiger partial charge >= 0.3 is 0 Å². The molecule has 1 aliphatic heterocycles. The average Bonchev–Trinajstić information content (AvgIpc) is 3.24. The maximum Gasteiger partial charge on any atom is 0.262 e. The minimum absolute atomic E-state index is 0.00554. The molecule has 1 N–H and O–H groups in total. The number of imidazole rings is 1. The Kier molecular flexibility index (Phi) is 6.89. The van der Waals surface area contributed by atoms with Crippen molar-refractivity contribution >= 4 is 33.2 Å². The van der Waals surface area contributed by atoms with Crippen molar-refractivity contribution in [3.8, 4) is 11.5 Å². The van der Waals surface area contributed by atoms with Crippen LogP contribution in [0.25, 0.3) is 0 Å². The van der Waals surface area contributed by atoms with Gasteiger partial charge in [-0.05, 0) is 25.8 Å². The number of sulfonamides is 1. The number of carbonyl (C=O) groups is 1. The topological polar surface area (TPSA) is 103 Å². The van der Waals surface area contributed by atoms with Crippen LogP contribution in [-0.2, 0) is 21.4 Å². The maximum absolute atomic E-state index is 12.9. The van der Waals surface area contributed by atoms with E-state index in [-0.39, 0.29) is 17.5 Å². The number of benzene rings is 1. The normalized spacial score (nSPS) is 17.5. The molecule has 0 bridgehead atoms. The van der Waals surface area contributed by atoms with Crippen LogP contribution in [0.3, 0.4) is 0 Å². The van der Waals surface area contributed by atoms with E-state index in [2.05, 4.69) is 10.3 Å². The predicted molar refractivity (Wildman–Crippen MR) is 113 cm³/mol. The van der Waals surface area contributed by atoms with Crippen LogP contribution >= 0.6 is 11.6 Å². The fourth-order valence-electron chi connectivity index (χ4n) is 3.35. The Hall–Kier alpha value is -2.30. The fourth-order valence-corrected chi connectivity index (χ4v) is 5.05. The number of hydrogen-bond acceptors (Lipinski definition) is 6. The molecule has 1 aliphatic rings. The van der Waals surface area contributed by atoms with Gasteiger partial charge in [0, 0.05) is 31.9 Å². The molecule has 11 heteroatoms. The van der Waals surface area contributed by atoms with E-state index in [1.165, 1.54) is 31.0 Å². The molecule has 1 aromatic heterocycles. The summed E-state index contributed by atoms with van der Waals surface area (Å²) in [4.78, 5) is 16.9. The van der Waals surface area contributed by atoms with Crippen LogP contribution in [0.5, 0.6) is 11.5 Å². The molecule has 164 valence electrons. The van der Waals surface area contributed by atoms with Crippen molar-refractivity contribution < 1.29 is 22.7 Å². The number of hydrogen-bond donors (Lipinski definition) is 1. The van der Waals surface area contributed by atoms with E-state index in [9.17, 15) is 13.2 Å². The summed E-state index contributed by atoms with van der Waals surface area (Å²) < 4.78 is 39.3. The van der Waals surface area contributed by atoms with Gasteiger partial charge in [0.25, 0.3) is 10.0 Å². The molecule has 1 saturated heterocycles. The number of anilines is 1. The highest BCUT2D eigenvalue weighted by Crippen LogP contribution is 2.36. The lowest BCUT2D eigenvalue weighted by Crippen LogP contribution is -2.43. The zero-order chi connectivity index (χ0) is 21.9. The van der Waals surface area contributed by atoms with Gasteiger partial charge in [0.15, 0.2) is 5.03 Å². The van der Waals surface area contributed by atoms with E-state index >= 15 is 0 Å². The van der Waals surface area contributed by atoms with Crippen LogP contribution in [0, 0.1) is 5.92 Å². The molecule has 9 nitrogen and oxygen atoms in total. The van der Waals surface area contributed by atoms with Gasteiger partial charge in [-0.1, -0.05) is 11.6 Å². The Bertz CT molecular complexity index is 1020. The molecule has 1 fully saturated rings. The molecule has 0 saturated carbocycles. The standard InChI is InChI=1S/C19H25ClN4O5S/c1-4-23-11-18(21-12-23)30(26,27)24-7-5-6-13(10-24)19(25)22-15-8-14(20)16(28-2)9-17(15)29-3/h8-9,11-13H,4-7,10H2,1-3H3,(H,22,25)/t13-/m0/s1. The van der Waals surface area contributed by atoms with Crippen LogP contribution in [0.15, 0.2) is 29.7 Å². The summed E-state index contributed by atoms with van der Waals surface area (Å²) in [5, 5.41) is 3.12. The zero-order valence-corrected chi connectivity index (χ0v) is 18.7. The average molecular weight is 457 g/mol. The first-order valence-electron chi connectivity index (χ1n) is 9.54. The van der Waals surface area contributed by atoms with Crippen LogP contribution in [-0.4, -0.2) is 55.5 Å². The molecule has 0 unspecified atom stereocenters. The monoisotopic (exact) mass is 456 g/mol. The van der Waals surface area contributed by atoms with E-state index in [0.29, 0.717) is 48.1 Å². The largest absolute Gasteiger partial charge is 0.495 e. The van der Waals surface area contributed by atoms with Crippen molar-refractivity contribution in [3.63, 3.8) is 0 Å². The highest BCUT2D eigenvalue weighted by molar-refractivity contribution is 7.89. The number of carbonyl (C=O) groups excluding carboxylic acids is 1. The molecule has 1 atom stereocenters. The molecule has 2 aromatic rings. The van der Waals surface area contributed by atoms with Gasteiger partial charge < -0.3 is 19.4 Å². The highest BCUT2D eigenvalue weighted by Gasteiger charge is 2.34. The maximum atomic E-state index is 12.9. The third-order valence-electron chi connectivity index (χ3n) is 5.07. The minimum Gasteiger partial charge on any atom is -0.495 e. The third kappa shape index (κ3) is 4.55. The molecule has 1 amide bonds. The Morgan fingerprint density at radius 2 is 2.03 bits per heavy atom. The van der Waals surface area contributed by atoms with Crippen molar-refractivity contribution in [2.24, 2.45) is 5.92 Å². The molecule has 0 spiro atoms. The second-order valence-electron chi connectivity index (χ2n) is 6.92. The minimum atomic E-state index is -3.76. The van der Waals surface area contributed by atoms with Crippen molar-refractivity contribution in [1.29, 1.82) is 0 Å². The van der Waals surface area contributed by atoms with Gasteiger partial charge in [-0.15, -0.1) is 0 Å². The summed E-state index contributed by atoms with van der Waals surface area (Å²) in [6.07, 6.45) is 4.14. The lowest BCUT2D eigenvalue weighted by molar-refractivity contribution is -0.120. The summed E-state index contributed by atoms with van der Waals surface area (Å²) in [7, 11) is -0.800. The molecule has 0 aliphatic carbocycles. The molecule has 2 heterocycles. The Morgan fingerprint density at radius 3 is 2.67 bits per heavy atom. The Balaban J connectivity index is 1.75. The van der Waals surface area contributed by atoms with Gasteiger partial charge in [-0.3, -0.25) is 4.79 Å². The molecular weight excluding hydrogens is 432 g/mol. The number of halogens is 1. The molecule has 30 heavy (non-hydrogen) atoms. The van der Waals surface area contributed by atoms with Crippen molar-refractivity contribution in [2.75, 3.05) is 32.6 Å². The van der Waals surface area contributed by atoms with E-state index in [4.69, 9.17) is 21.1 Å². The van der Waals surface area contributed by atoms with Crippen LogP contribution < -0.4 is 14.8 Å². The number of aromatic nitrogens is 2. The summed E-state index contributed by atoms with van der Waals surface area (Å²) in [6, 6.07) is 3.13. The van der Waals surface area contributed by atoms with Crippen LogP contribution in [0.4, 0.5) is 5.69 Å². The summed E-state index contributed by atoms with van der Waals surface area (Å²) >= 11 is 6.16. The summed E-state index contributed by atoms with van der Waals surface area (Å²) in [6.45, 7) is 2.96. The first-order valence-corrected chi connectivity index (χ1v) is 11.4. The molecule has 3 rings (SSSR count). The zero-order valence-electron chi connectivity index (χ0n) is 17.1. The number of nitrogens with one attached hydrogen (secondary N) is 1. The van der Waals surface area contributed by atoms with Gasteiger partial charge in [-0.2, -0.15) is 4.31 Å². The van der Waals surface area contributed by atoms with Crippen molar-refractivity contribution in [3.05, 3.63) is 29.7 Å².